The highest BCUT2D eigenvalue weighted by atomic mass is 16.5. The molecule has 18 heavy (non-hydrogen) atoms. The summed E-state index contributed by atoms with van der Waals surface area (Å²) < 4.78 is 4.99. The Labute approximate surface area is 108 Å². The molecular weight excluding hydrogens is 228 g/mol. The van der Waals surface area contributed by atoms with Crippen molar-refractivity contribution in [2.75, 3.05) is 14.2 Å². The van der Waals surface area contributed by atoms with Crippen molar-refractivity contribution in [3.63, 3.8) is 0 Å². The van der Waals surface area contributed by atoms with Gasteiger partial charge in [0.25, 0.3) is 5.91 Å². The monoisotopic (exact) mass is 248 g/mol. The van der Waals surface area contributed by atoms with E-state index in [0.29, 0.717) is 17.5 Å². The molecule has 98 valence electrons. The van der Waals surface area contributed by atoms with E-state index in [2.05, 4.69) is 4.98 Å². The second kappa shape index (κ2) is 5.85. The summed E-state index contributed by atoms with van der Waals surface area (Å²) in [5, 5.41) is 0. The largest absolute Gasteiger partial charge is 0.481 e. The highest BCUT2D eigenvalue weighted by molar-refractivity contribution is 5.94. The van der Waals surface area contributed by atoms with Crippen LogP contribution in [0.15, 0.2) is 18.3 Å². The highest BCUT2D eigenvalue weighted by Gasteiger charge is 2.23. The van der Waals surface area contributed by atoms with Gasteiger partial charge in [-0.2, -0.15) is 0 Å². The van der Waals surface area contributed by atoms with Crippen molar-refractivity contribution in [1.29, 1.82) is 0 Å². The zero-order valence-electron chi connectivity index (χ0n) is 11.1. The molecule has 0 atom stereocenters. The minimum Gasteiger partial charge on any atom is -0.481 e. The maximum absolute atomic E-state index is 12.3. The van der Waals surface area contributed by atoms with Crippen LogP contribution in [-0.4, -0.2) is 36.0 Å². The highest BCUT2D eigenvalue weighted by Crippen LogP contribution is 2.23. The average Bonchev–Trinajstić information content (AvgIpc) is 2.47. The van der Waals surface area contributed by atoms with Crippen LogP contribution in [0.25, 0.3) is 0 Å². The van der Waals surface area contributed by atoms with Crippen molar-refractivity contribution in [1.82, 2.24) is 9.88 Å². The predicted octanol–water partition coefficient (Wildman–Crippen LogP) is 2.49. The fourth-order valence-electron chi connectivity index (χ4n) is 2.47. The molecule has 1 aromatic rings. The second-order valence-electron chi connectivity index (χ2n) is 4.80. The van der Waals surface area contributed by atoms with Gasteiger partial charge >= 0.3 is 0 Å². The Bertz CT molecular complexity index is 397. The fraction of sp³-hybridized carbons (Fsp3) is 0.571. The lowest BCUT2D eigenvalue weighted by Gasteiger charge is -2.31. The van der Waals surface area contributed by atoms with Crippen LogP contribution < -0.4 is 4.74 Å². The number of nitrogens with zero attached hydrogens (tertiary/aromatic N) is 2. The van der Waals surface area contributed by atoms with E-state index in [4.69, 9.17) is 4.74 Å². The van der Waals surface area contributed by atoms with E-state index in [9.17, 15) is 4.79 Å². The van der Waals surface area contributed by atoms with Gasteiger partial charge in [-0.3, -0.25) is 4.79 Å². The van der Waals surface area contributed by atoms with Crippen molar-refractivity contribution in [3.8, 4) is 5.88 Å². The summed E-state index contributed by atoms with van der Waals surface area (Å²) >= 11 is 0. The van der Waals surface area contributed by atoms with E-state index >= 15 is 0 Å². The maximum atomic E-state index is 12.3. The third-order valence-electron chi connectivity index (χ3n) is 3.64. The normalized spacial score (nSPS) is 16.3. The number of hydrogen-bond donors (Lipinski definition) is 0. The quantitative estimate of drug-likeness (QED) is 0.825. The van der Waals surface area contributed by atoms with Gasteiger partial charge in [-0.1, -0.05) is 19.3 Å². The average molecular weight is 248 g/mol. The number of rotatable bonds is 3. The molecule has 0 bridgehead atoms. The van der Waals surface area contributed by atoms with Crippen LogP contribution in [0.5, 0.6) is 5.88 Å². The van der Waals surface area contributed by atoms with Gasteiger partial charge < -0.3 is 9.64 Å². The van der Waals surface area contributed by atoms with Crippen molar-refractivity contribution in [2.45, 2.75) is 38.1 Å². The molecule has 4 heteroatoms. The summed E-state index contributed by atoms with van der Waals surface area (Å²) in [7, 11) is 3.46. The molecule has 1 aliphatic rings. The lowest BCUT2D eigenvalue weighted by molar-refractivity contribution is 0.0696. The minimum atomic E-state index is 0.0528. The van der Waals surface area contributed by atoms with Crippen LogP contribution in [0, 0.1) is 0 Å². The first-order chi connectivity index (χ1) is 8.72. The van der Waals surface area contributed by atoms with Gasteiger partial charge in [-0.15, -0.1) is 0 Å². The van der Waals surface area contributed by atoms with Crippen LogP contribution in [0.4, 0.5) is 0 Å². The Morgan fingerprint density at radius 1 is 1.33 bits per heavy atom. The molecule has 4 nitrogen and oxygen atoms in total. The Morgan fingerprint density at radius 2 is 2.06 bits per heavy atom. The smallest absolute Gasteiger partial charge is 0.255 e. The van der Waals surface area contributed by atoms with Gasteiger partial charge in [0.1, 0.15) is 0 Å². The number of carbonyl (C=O) groups is 1. The van der Waals surface area contributed by atoms with E-state index in [1.165, 1.54) is 19.3 Å². The van der Waals surface area contributed by atoms with Gasteiger partial charge in [0.15, 0.2) is 0 Å². The van der Waals surface area contributed by atoms with Crippen LogP contribution >= 0.6 is 0 Å². The van der Waals surface area contributed by atoms with Crippen molar-refractivity contribution in [2.24, 2.45) is 0 Å². The number of methoxy groups -OCH3 is 1. The van der Waals surface area contributed by atoms with E-state index < -0.39 is 0 Å². The van der Waals surface area contributed by atoms with Gasteiger partial charge in [-0.25, -0.2) is 4.98 Å². The lowest BCUT2D eigenvalue weighted by Crippen LogP contribution is -2.38. The summed E-state index contributed by atoms with van der Waals surface area (Å²) in [5.41, 5.74) is 0.629. The molecule has 1 fully saturated rings. The lowest BCUT2D eigenvalue weighted by atomic mass is 9.94. The Morgan fingerprint density at radius 3 is 2.61 bits per heavy atom. The Kier molecular flexibility index (Phi) is 4.18. The van der Waals surface area contributed by atoms with Crippen molar-refractivity contribution >= 4 is 5.91 Å². The first-order valence-corrected chi connectivity index (χ1v) is 6.49. The molecule has 1 aromatic heterocycles. The van der Waals surface area contributed by atoms with E-state index in [1.807, 2.05) is 11.9 Å². The minimum absolute atomic E-state index is 0.0528. The molecule has 0 unspecified atom stereocenters. The molecule has 1 saturated carbocycles. The first-order valence-electron chi connectivity index (χ1n) is 6.49. The van der Waals surface area contributed by atoms with Gasteiger partial charge in [0, 0.05) is 25.4 Å². The van der Waals surface area contributed by atoms with E-state index in [-0.39, 0.29) is 5.91 Å². The Balaban J connectivity index is 2.04. The zero-order chi connectivity index (χ0) is 13.0. The number of hydrogen-bond acceptors (Lipinski definition) is 3. The molecule has 1 heterocycles. The summed E-state index contributed by atoms with van der Waals surface area (Å²) in [5.74, 6) is 0.587. The van der Waals surface area contributed by atoms with Crippen LogP contribution in [0.2, 0.25) is 0 Å². The molecule has 0 aromatic carbocycles. The van der Waals surface area contributed by atoms with Gasteiger partial charge in [0.2, 0.25) is 5.88 Å². The first kappa shape index (κ1) is 12.9. The number of aromatic nitrogens is 1. The molecule has 1 aliphatic carbocycles. The van der Waals surface area contributed by atoms with Crippen molar-refractivity contribution < 1.29 is 9.53 Å². The standard InChI is InChI=1S/C14H20N2O2/c1-16(12-6-4-3-5-7-12)14(17)11-8-9-13(18-2)15-10-11/h8-10,12H,3-7H2,1-2H3. The molecule has 0 spiro atoms. The zero-order valence-corrected chi connectivity index (χ0v) is 11.1. The molecule has 0 radical (unpaired) electrons. The molecule has 1 amide bonds. The van der Waals surface area contributed by atoms with Gasteiger partial charge in [0.05, 0.1) is 12.7 Å². The third kappa shape index (κ3) is 2.81. The fourth-order valence-corrected chi connectivity index (χ4v) is 2.47. The van der Waals surface area contributed by atoms with Gasteiger partial charge in [-0.05, 0) is 18.9 Å². The summed E-state index contributed by atoms with van der Waals surface area (Å²) in [6.07, 6.45) is 7.56. The third-order valence-corrected chi connectivity index (χ3v) is 3.64. The summed E-state index contributed by atoms with van der Waals surface area (Å²) in [4.78, 5) is 18.2. The van der Waals surface area contributed by atoms with E-state index in [0.717, 1.165) is 12.8 Å². The van der Waals surface area contributed by atoms with Crippen LogP contribution in [0.1, 0.15) is 42.5 Å². The molecule has 0 N–H and O–H groups in total. The topological polar surface area (TPSA) is 42.4 Å². The molecule has 2 rings (SSSR count). The van der Waals surface area contributed by atoms with E-state index in [1.54, 1.807) is 25.4 Å². The van der Waals surface area contributed by atoms with Crippen LogP contribution in [0.3, 0.4) is 0 Å². The number of pyridine rings is 1. The van der Waals surface area contributed by atoms with Crippen LogP contribution in [-0.2, 0) is 0 Å². The van der Waals surface area contributed by atoms with Crippen molar-refractivity contribution in [3.05, 3.63) is 23.9 Å². The number of carbonyl (C=O) groups excluding carboxylic acids is 1. The Hall–Kier alpha value is -1.58. The molecule has 0 saturated heterocycles. The molecular formula is C14H20N2O2. The summed E-state index contributed by atoms with van der Waals surface area (Å²) in [6.45, 7) is 0. The second-order valence-corrected chi connectivity index (χ2v) is 4.80. The number of ether oxygens (including phenoxy) is 1. The predicted molar refractivity (Wildman–Crippen MR) is 69.8 cm³/mol. The summed E-state index contributed by atoms with van der Waals surface area (Å²) in [6, 6.07) is 3.88. The number of amides is 1. The SMILES string of the molecule is COc1ccc(C(=O)N(C)C2CCCCC2)cn1. The molecule has 0 aliphatic heterocycles. The maximum Gasteiger partial charge on any atom is 0.255 e.